The van der Waals surface area contributed by atoms with Gasteiger partial charge in [-0.25, -0.2) is 9.97 Å². The first-order valence-corrected chi connectivity index (χ1v) is 7.38. The van der Waals surface area contributed by atoms with Gasteiger partial charge in [-0.1, -0.05) is 24.2 Å². The molecule has 7 nitrogen and oxygen atoms in total. The predicted octanol–water partition coefficient (Wildman–Crippen LogP) is 2.49. The van der Waals surface area contributed by atoms with Gasteiger partial charge in [-0.3, -0.25) is 4.98 Å². The Hall–Kier alpha value is -3.09. The zero-order chi connectivity index (χ0) is 15.6. The van der Waals surface area contributed by atoms with Crippen LogP contribution in [0, 0.1) is 0 Å². The fraction of sp³-hybridized carbons (Fsp3) is 0.188. The summed E-state index contributed by atoms with van der Waals surface area (Å²) in [6, 6.07) is 8.04. The number of fused-ring (bicyclic) bond motifs is 1. The van der Waals surface area contributed by atoms with Crippen molar-refractivity contribution >= 4 is 11.0 Å². The lowest BCUT2D eigenvalue weighted by Crippen LogP contribution is -2.05. The highest BCUT2D eigenvalue weighted by atomic mass is 16.5. The van der Waals surface area contributed by atoms with Crippen LogP contribution in [0.1, 0.15) is 18.6 Å². The molecule has 0 aliphatic carbocycles. The summed E-state index contributed by atoms with van der Waals surface area (Å²) in [5.74, 6) is 1.95. The molecule has 0 radical (unpaired) electrons. The van der Waals surface area contributed by atoms with E-state index in [1.807, 2.05) is 24.3 Å². The molecule has 4 aromatic rings. The Kier molecular flexibility index (Phi) is 3.30. The minimum absolute atomic E-state index is 0.371. The zero-order valence-electron chi connectivity index (χ0n) is 12.5. The van der Waals surface area contributed by atoms with Gasteiger partial charge in [0.25, 0.3) is 5.89 Å². The highest BCUT2D eigenvalue weighted by molar-refractivity contribution is 5.76. The quantitative estimate of drug-likeness (QED) is 0.576. The third-order valence-electron chi connectivity index (χ3n) is 3.60. The molecule has 4 rings (SSSR count). The Balaban J connectivity index is 1.70. The van der Waals surface area contributed by atoms with E-state index in [9.17, 15) is 0 Å². The Labute approximate surface area is 132 Å². The lowest BCUT2D eigenvalue weighted by atomic mass is 10.3. The molecular formula is C16H14N6O. The van der Waals surface area contributed by atoms with Crippen LogP contribution in [0.5, 0.6) is 0 Å². The van der Waals surface area contributed by atoms with Gasteiger partial charge in [-0.15, -0.1) is 0 Å². The van der Waals surface area contributed by atoms with Crippen molar-refractivity contribution in [3.63, 3.8) is 0 Å². The number of hydrogen-bond donors (Lipinski definition) is 0. The molecule has 3 aromatic heterocycles. The van der Waals surface area contributed by atoms with Gasteiger partial charge >= 0.3 is 0 Å². The largest absolute Gasteiger partial charge is 0.332 e. The second-order valence-electron chi connectivity index (χ2n) is 5.06. The van der Waals surface area contributed by atoms with Crippen molar-refractivity contribution in [2.45, 2.75) is 19.9 Å². The first kappa shape index (κ1) is 13.6. The molecule has 0 saturated carbocycles. The van der Waals surface area contributed by atoms with Crippen molar-refractivity contribution in [1.29, 1.82) is 0 Å². The average molecular weight is 306 g/mol. The summed E-state index contributed by atoms with van der Waals surface area (Å²) < 4.78 is 7.40. The fourth-order valence-electron chi connectivity index (χ4n) is 2.54. The number of benzene rings is 1. The monoisotopic (exact) mass is 306 g/mol. The van der Waals surface area contributed by atoms with Gasteiger partial charge in [0, 0.05) is 18.8 Å². The van der Waals surface area contributed by atoms with Crippen LogP contribution in [0.2, 0.25) is 0 Å². The third-order valence-corrected chi connectivity index (χ3v) is 3.60. The van der Waals surface area contributed by atoms with E-state index in [4.69, 9.17) is 4.52 Å². The van der Waals surface area contributed by atoms with Gasteiger partial charge in [0.1, 0.15) is 11.5 Å². The Morgan fingerprint density at radius 2 is 2.04 bits per heavy atom. The Bertz CT molecular complexity index is 944. The molecule has 7 heteroatoms. The van der Waals surface area contributed by atoms with Crippen molar-refractivity contribution in [2.75, 3.05) is 0 Å². The molecule has 23 heavy (non-hydrogen) atoms. The van der Waals surface area contributed by atoms with Crippen LogP contribution >= 0.6 is 0 Å². The minimum Gasteiger partial charge on any atom is -0.332 e. The SMILES string of the molecule is CCc1nc2ccccc2n1Cc1noc(-c2cnccn2)n1. The Morgan fingerprint density at radius 1 is 1.13 bits per heavy atom. The number of nitrogens with zero attached hydrogens (tertiary/aromatic N) is 6. The van der Waals surface area contributed by atoms with Gasteiger partial charge in [0.2, 0.25) is 0 Å². The second-order valence-corrected chi connectivity index (χ2v) is 5.06. The summed E-state index contributed by atoms with van der Waals surface area (Å²) in [6.07, 6.45) is 5.63. The van der Waals surface area contributed by atoms with Crippen molar-refractivity contribution in [2.24, 2.45) is 0 Å². The van der Waals surface area contributed by atoms with E-state index in [2.05, 4.69) is 36.6 Å². The van der Waals surface area contributed by atoms with Crippen LogP contribution in [0.4, 0.5) is 0 Å². The van der Waals surface area contributed by atoms with E-state index >= 15 is 0 Å². The number of aryl methyl sites for hydroxylation is 1. The number of rotatable bonds is 4. The van der Waals surface area contributed by atoms with Crippen molar-refractivity contribution in [1.82, 2.24) is 29.7 Å². The molecule has 0 spiro atoms. The topological polar surface area (TPSA) is 82.5 Å². The molecule has 0 bridgehead atoms. The maximum Gasteiger partial charge on any atom is 0.278 e. The predicted molar refractivity (Wildman–Crippen MR) is 83.5 cm³/mol. The molecule has 0 saturated heterocycles. The highest BCUT2D eigenvalue weighted by Crippen LogP contribution is 2.19. The summed E-state index contributed by atoms with van der Waals surface area (Å²) in [6.45, 7) is 2.59. The molecule has 0 N–H and O–H groups in total. The Morgan fingerprint density at radius 3 is 2.87 bits per heavy atom. The molecule has 0 aliphatic heterocycles. The van der Waals surface area contributed by atoms with E-state index in [0.717, 1.165) is 23.3 Å². The van der Waals surface area contributed by atoms with Gasteiger partial charge in [0.05, 0.1) is 23.8 Å². The number of aromatic nitrogens is 6. The van der Waals surface area contributed by atoms with Crippen molar-refractivity contribution in [3.05, 3.63) is 54.5 Å². The molecule has 0 aliphatic rings. The fourth-order valence-corrected chi connectivity index (χ4v) is 2.54. The molecule has 0 unspecified atom stereocenters. The summed E-state index contributed by atoms with van der Waals surface area (Å²) in [5.41, 5.74) is 2.61. The highest BCUT2D eigenvalue weighted by Gasteiger charge is 2.14. The minimum atomic E-state index is 0.371. The lowest BCUT2D eigenvalue weighted by molar-refractivity contribution is 0.419. The van der Waals surface area contributed by atoms with Crippen LogP contribution in [0.15, 0.2) is 47.4 Å². The van der Waals surface area contributed by atoms with Gasteiger partial charge in [-0.05, 0) is 12.1 Å². The second kappa shape index (κ2) is 5.60. The van der Waals surface area contributed by atoms with Gasteiger partial charge in [0.15, 0.2) is 5.82 Å². The molecule has 0 amide bonds. The summed E-state index contributed by atoms with van der Waals surface area (Å²) >= 11 is 0. The molecule has 0 atom stereocenters. The van der Waals surface area contributed by atoms with Crippen molar-refractivity contribution < 1.29 is 4.52 Å². The van der Waals surface area contributed by atoms with E-state index < -0.39 is 0 Å². The maximum atomic E-state index is 5.29. The van der Waals surface area contributed by atoms with E-state index in [1.165, 1.54) is 0 Å². The lowest BCUT2D eigenvalue weighted by Gasteiger charge is -2.04. The van der Waals surface area contributed by atoms with Crippen LogP contribution in [-0.4, -0.2) is 29.7 Å². The zero-order valence-corrected chi connectivity index (χ0v) is 12.5. The molecule has 0 fully saturated rings. The first-order chi connectivity index (χ1) is 11.3. The number of para-hydroxylation sites is 2. The summed E-state index contributed by atoms with van der Waals surface area (Å²) in [5, 5.41) is 4.05. The van der Waals surface area contributed by atoms with Crippen LogP contribution in [-0.2, 0) is 13.0 Å². The molecule has 3 heterocycles. The maximum absolute atomic E-state index is 5.29. The third kappa shape index (κ3) is 2.46. The summed E-state index contributed by atoms with van der Waals surface area (Å²) in [4.78, 5) is 17.2. The van der Waals surface area contributed by atoms with Gasteiger partial charge in [-0.2, -0.15) is 4.98 Å². The van der Waals surface area contributed by atoms with Gasteiger partial charge < -0.3 is 9.09 Å². The van der Waals surface area contributed by atoms with Crippen molar-refractivity contribution in [3.8, 4) is 11.6 Å². The molecular weight excluding hydrogens is 292 g/mol. The number of imidazole rings is 1. The smallest absolute Gasteiger partial charge is 0.278 e. The first-order valence-electron chi connectivity index (χ1n) is 7.38. The normalized spacial score (nSPS) is 11.2. The molecule has 1 aromatic carbocycles. The van der Waals surface area contributed by atoms with Crippen LogP contribution in [0.3, 0.4) is 0 Å². The summed E-state index contributed by atoms with van der Waals surface area (Å²) in [7, 11) is 0. The van der Waals surface area contributed by atoms with Crippen LogP contribution < -0.4 is 0 Å². The average Bonchev–Trinajstić information content (AvgIpc) is 3.21. The van der Waals surface area contributed by atoms with E-state index in [0.29, 0.717) is 24.0 Å². The number of hydrogen-bond acceptors (Lipinski definition) is 6. The van der Waals surface area contributed by atoms with Crippen LogP contribution in [0.25, 0.3) is 22.6 Å². The van der Waals surface area contributed by atoms with E-state index in [1.54, 1.807) is 18.6 Å². The standard InChI is InChI=1S/C16H14N6O/c1-2-15-19-11-5-3-4-6-13(11)22(15)10-14-20-16(23-21-14)12-9-17-7-8-18-12/h3-9H,2,10H2,1H3. The van der Waals surface area contributed by atoms with E-state index in [-0.39, 0.29) is 0 Å². The molecule has 114 valence electrons.